The Balaban J connectivity index is 6.40. The third kappa shape index (κ3) is 9.05. The highest BCUT2D eigenvalue weighted by molar-refractivity contribution is 5.82. The Bertz CT molecular complexity index is 809. The van der Waals surface area contributed by atoms with E-state index in [-0.39, 0.29) is 0 Å². The van der Waals surface area contributed by atoms with Crippen LogP contribution in [0.15, 0.2) is 0 Å². The Morgan fingerprint density at radius 1 is 0.556 bits per heavy atom. The van der Waals surface area contributed by atoms with Crippen LogP contribution in [0.4, 0.5) is 0 Å². The minimum Gasteiger partial charge on any atom is -0.481 e. The van der Waals surface area contributed by atoms with Gasteiger partial charge in [0.25, 0.3) is 0 Å². The average Bonchev–Trinajstić information content (AvgIpc) is 2.77. The van der Waals surface area contributed by atoms with Crippen LogP contribution in [0, 0.1) is 29.6 Å². The van der Waals surface area contributed by atoms with Gasteiger partial charge in [-0.15, -0.1) is 0 Å². The van der Waals surface area contributed by atoms with Crippen LogP contribution in [-0.4, -0.2) is 106 Å². The zero-order chi connectivity index (χ0) is 28.3. The second kappa shape index (κ2) is 15.0. The molecule has 0 aromatic heterocycles. The number of carboxylic acid groups (broad SMARTS) is 6. The molecule has 0 radical (unpaired) electrons. The standard InChI is InChI=1S/C21H32O15/c1-8(34-2)15(20(30)31)10(18(26)27)6-13(36-4)16(21(32)33)11(19(28)29)5-12(35-3)9(17(24)25)7-14(22)23/h8-13,15-16H,5-7H2,1-4H3,(H,22,23)(H,24,25)(H,26,27)(H,28,29)(H,30,31)(H,32,33). The summed E-state index contributed by atoms with van der Waals surface area (Å²) in [5, 5.41) is 57.2. The zero-order valence-corrected chi connectivity index (χ0v) is 20.1. The molecule has 15 heteroatoms. The Kier molecular flexibility index (Phi) is 13.6. The molecule has 0 aromatic carbocycles. The molecule has 0 saturated carbocycles. The average molecular weight is 524 g/mol. The lowest BCUT2D eigenvalue weighted by atomic mass is 9.76. The summed E-state index contributed by atoms with van der Waals surface area (Å²) in [6, 6.07) is 0. The first-order chi connectivity index (χ1) is 16.6. The van der Waals surface area contributed by atoms with E-state index in [0.29, 0.717) is 0 Å². The van der Waals surface area contributed by atoms with Gasteiger partial charge in [0.1, 0.15) is 0 Å². The fourth-order valence-electron chi connectivity index (χ4n) is 4.12. The van der Waals surface area contributed by atoms with Gasteiger partial charge in [0.05, 0.1) is 54.3 Å². The lowest BCUT2D eigenvalue weighted by molar-refractivity contribution is -0.168. The zero-order valence-electron chi connectivity index (χ0n) is 20.1. The first kappa shape index (κ1) is 32.7. The molecule has 0 aliphatic carbocycles. The normalized spacial score (nSPS) is 18.0. The van der Waals surface area contributed by atoms with Crippen molar-refractivity contribution in [3.63, 3.8) is 0 Å². The first-order valence-electron chi connectivity index (χ1n) is 10.6. The SMILES string of the molecule is COC(C)C(C(=O)O)C(CC(OC)C(C(=O)O)C(CC(OC)C(CC(=O)O)C(=O)O)C(=O)O)C(=O)O. The van der Waals surface area contributed by atoms with Crippen molar-refractivity contribution in [2.24, 2.45) is 29.6 Å². The van der Waals surface area contributed by atoms with Crippen LogP contribution in [0.5, 0.6) is 0 Å². The van der Waals surface area contributed by atoms with E-state index in [1.165, 1.54) is 6.92 Å². The summed E-state index contributed by atoms with van der Waals surface area (Å²) in [5.74, 6) is -18.8. The van der Waals surface area contributed by atoms with E-state index in [9.17, 15) is 54.3 Å². The fraction of sp³-hybridized carbons (Fsp3) is 0.714. The predicted octanol–water partition coefficient (Wildman–Crippen LogP) is -0.190. The van der Waals surface area contributed by atoms with Gasteiger partial charge in [0.15, 0.2) is 0 Å². The number of carboxylic acids is 6. The van der Waals surface area contributed by atoms with Crippen molar-refractivity contribution in [1.82, 2.24) is 0 Å². The molecule has 8 atom stereocenters. The highest BCUT2D eigenvalue weighted by Gasteiger charge is 2.47. The Morgan fingerprint density at radius 3 is 1.25 bits per heavy atom. The molecule has 0 aliphatic heterocycles. The van der Waals surface area contributed by atoms with Crippen molar-refractivity contribution in [2.45, 2.75) is 44.5 Å². The maximum Gasteiger partial charge on any atom is 0.310 e. The van der Waals surface area contributed by atoms with E-state index in [1.807, 2.05) is 0 Å². The molecule has 206 valence electrons. The summed E-state index contributed by atoms with van der Waals surface area (Å²) in [7, 11) is 3.12. The molecule has 0 bridgehead atoms. The van der Waals surface area contributed by atoms with Crippen LogP contribution in [0.1, 0.15) is 26.2 Å². The van der Waals surface area contributed by atoms with Crippen LogP contribution < -0.4 is 0 Å². The van der Waals surface area contributed by atoms with Crippen LogP contribution in [0.2, 0.25) is 0 Å². The summed E-state index contributed by atoms with van der Waals surface area (Å²) < 4.78 is 15.1. The number of rotatable bonds is 19. The van der Waals surface area contributed by atoms with E-state index in [2.05, 4.69) is 0 Å². The molecule has 6 N–H and O–H groups in total. The van der Waals surface area contributed by atoms with Crippen LogP contribution in [0.3, 0.4) is 0 Å². The van der Waals surface area contributed by atoms with Gasteiger partial charge in [0, 0.05) is 21.3 Å². The number of methoxy groups -OCH3 is 3. The van der Waals surface area contributed by atoms with Gasteiger partial charge in [-0.25, -0.2) is 0 Å². The number of hydrogen-bond acceptors (Lipinski definition) is 9. The first-order valence-corrected chi connectivity index (χ1v) is 10.6. The quantitative estimate of drug-likeness (QED) is 0.128. The lowest BCUT2D eigenvalue weighted by Gasteiger charge is -2.33. The predicted molar refractivity (Wildman–Crippen MR) is 115 cm³/mol. The summed E-state index contributed by atoms with van der Waals surface area (Å²) in [6.45, 7) is 1.29. The lowest BCUT2D eigenvalue weighted by Crippen LogP contribution is -2.46. The Hall–Kier alpha value is -3.30. The minimum absolute atomic E-state index is 0.744. The number of hydrogen-bond donors (Lipinski definition) is 6. The Morgan fingerprint density at radius 2 is 0.944 bits per heavy atom. The third-order valence-electron chi connectivity index (χ3n) is 6.09. The molecule has 8 unspecified atom stereocenters. The van der Waals surface area contributed by atoms with Gasteiger partial charge in [0.2, 0.25) is 0 Å². The number of carbonyl (C=O) groups is 6. The monoisotopic (exact) mass is 524 g/mol. The summed E-state index contributed by atoms with van der Waals surface area (Å²) in [5.41, 5.74) is 0. The highest BCUT2D eigenvalue weighted by Crippen LogP contribution is 2.33. The maximum absolute atomic E-state index is 12.2. The molecular formula is C21H32O15. The van der Waals surface area contributed by atoms with Gasteiger partial charge in [-0.2, -0.15) is 0 Å². The van der Waals surface area contributed by atoms with E-state index >= 15 is 0 Å². The van der Waals surface area contributed by atoms with Crippen molar-refractivity contribution in [1.29, 1.82) is 0 Å². The summed E-state index contributed by atoms with van der Waals surface area (Å²) in [6.07, 6.45) is -6.79. The molecular weight excluding hydrogens is 492 g/mol. The van der Waals surface area contributed by atoms with E-state index < -0.39 is 103 Å². The largest absolute Gasteiger partial charge is 0.481 e. The van der Waals surface area contributed by atoms with Gasteiger partial charge in [-0.05, 0) is 19.8 Å². The van der Waals surface area contributed by atoms with E-state index in [1.54, 1.807) is 0 Å². The molecule has 0 aromatic rings. The molecule has 0 heterocycles. The van der Waals surface area contributed by atoms with Crippen LogP contribution >= 0.6 is 0 Å². The third-order valence-corrected chi connectivity index (χ3v) is 6.09. The topological polar surface area (TPSA) is 251 Å². The molecule has 0 saturated heterocycles. The smallest absolute Gasteiger partial charge is 0.310 e. The van der Waals surface area contributed by atoms with Gasteiger partial charge in [-0.3, -0.25) is 28.8 Å². The van der Waals surface area contributed by atoms with Gasteiger partial charge in [-0.1, -0.05) is 0 Å². The second-order valence-electron chi connectivity index (χ2n) is 8.12. The van der Waals surface area contributed by atoms with Crippen molar-refractivity contribution in [3.05, 3.63) is 0 Å². The van der Waals surface area contributed by atoms with Crippen molar-refractivity contribution in [2.75, 3.05) is 21.3 Å². The minimum atomic E-state index is -1.99. The Labute approximate surface area is 205 Å². The van der Waals surface area contributed by atoms with E-state index in [4.69, 9.17) is 19.3 Å². The molecule has 15 nitrogen and oxygen atoms in total. The van der Waals surface area contributed by atoms with Gasteiger partial charge >= 0.3 is 35.8 Å². The molecule has 0 rings (SSSR count). The second-order valence-corrected chi connectivity index (χ2v) is 8.12. The van der Waals surface area contributed by atoms with E-state index in [0.717, 1.165) is 21.3 Å². The number of aliphatic carboxylic acids is 6. The summed E-state index contributed by atoms with van der Waals surface area (Å²) in [4.78, 5) is 70.6. The molecule has 0 fully saturated rings. The summed E-state index contributed by atoms with van der Waals surface area (Å²) >= 11 is 0. The molecule has 36 heavy (non-hydrogen) atoms. The van der Waals surface area contributed by atoms with Crippen molar-refractivity contribution >= 4 is 35.8 Å². The maximum atomic E-state index is 12.2. The van der Waals surface area contributed by atoms with Crippen molar-refractivity contribution in [3.8, 4) is 0 Å². The van der Waals surface area contributed by atoms with Gasteiger partial charge < -0.3 is 44.8 Å². The highest BCUT2D eigenvalue weighted by atomic mass is 16.5. The molecule has 0 spiro atoms. The number of ether oxygens (including phenoxy) is 3. The fourth-order valence-corrected chi connectivity index (χ4v) is 4.12. The molecule has 0 amide bonds. The molecule has 0 aliphatic rings. The van der Waals surface area contributed by atoms with Crippen LogP contribution in [0.25, 0.3) is 0 Å². The van der Waals surface area contributed by atoms with Crippen molar-refractivity contribution < 1.29 is 73.6 Å². The van der Waals surface area contributed by atoms with Crippen LogP contribution in [-0.2, 0) is 43.0 Å².